The third kappa shape index (κ3) is 6.62. The molecule has 0 saturated carbocycles. The van der Waals surface area contributed by atoms with Crippen molar-refractivity contribution in [1.29, 1.82) is 0 Å². The first-order valence-electron chi connectivity index (χ1n) is 11.8. The quantitative estimate of drug-likeness (QED) is 0.363. The second-order valence-electron chi connectivity index (χ2n) is 9.04. The van der Waals surface area contributed by atoms with Gasteiger partial charge >= 0.3 is 0 Å². The number of hydrogen-bond donors (Lipinski definition) is 2. The molecule has 6 heteroatoms. The summed E-state index contributed by atoms with van der Waals surface area (Å²) in [4.78, 5) is 25.6. The van der Waals surface area contributed by atoms with Gasteiger partial charge in [0.15, 0.2) is 17.3 Å². The number of unbranched alkanes of at least 4 members (excludes halogenated alkanes) is 7. The van der Waals surface area contributed by atoms with Crippen molar-refractivity contribution in [3.63, 3.8) is 0 Å². The summed E-state index contributed by atoms with van der Waals surface area (Å²) < 4.78 is 11.4. The number of fused-ring (bicyclic) bond motifs is 1. The maximum Gasteiger partial charge on any atom is 0.230 e. The minimum Gasteiger partial charge on any atom is -0.492 e. The molecule has 1 aliphatic heterocycles. The van der Waals surface area contributed by atoms with E-state index >= 15 is 0 Å². The zero-order chi connectivity index (χ0) is 22.9. The number of carbonyl (C=O) groups is 2. The Morgan fingerprint density at radius 2 is 1.77 bits per heavy atom. The van der Waals surface area contributed by atoms with Crippen molar-refractivity contribution in [2.45, 2.75) is 85.0 Å². The molecule has 0 unspecified atom stereocenters. The number of benzene rings is 1. The van der Waals surface area contributed by atoms with Gasteiger partial charge in [-0.2, -0.15) is 0 Å². The highest BCUT2D eigenvalue weighted by atomic mass is 16.5. The molecule has 6 nitrogen and oxygen atoms in total. The Bertz CT molecular complexity index is 758. The first-order chi connectivity index (χ1) is 14.9. The molecule has 0 fully saturated rings. The Kier molecular flexibility index (Phi) is 9.66. The van der Waals surface area contributed by atoms with Crippen LogP contribution < -0.4 is 20.1 Å². The first-order valence-corrected chi connectivity index (χ1v) is 11.8. The second kappa shape index (κ2) is 12.0. The molecule has 0 saturated heterocycles. The predicted octanol–water partition coefficient (Wildman–Crippen LogP) is 6.20. The highest BCUT2D eigenvalue weighted by Gasteiger charge is 2.32. The number of rotatable bonds is 13. The van der Waals surface area contributed by atoms with E-state index in [-0.39, 0.29) is 11.7 Å². The fraction of sp³-hybridized carbons (Fsp3) is 0.680. The normalized spacial score (nSPS) is 13.4. The Morgan fingerprint density at radius 3 is 2.39 bits per heavy atom. The van der Waals surface area contributed by atoms with Crippen LogP contribution in [-0.4, -0.2) is 32.5 Å². The smallest absolute Gasteiger partial charge is 0.230 e. The van der Waals surface area contributed by atoms with Crippen LogP contribution in [0.15, 0.2) is 6.07 Å². The van der Waals surface area contributed by atoms with Gasteiger partial charge < -0.3 is 20.1 Å². The van der Waals surface area contributed by atoms with Crippen LogP contribution >= 0.6 is 0 Å². The van der Waals surface area contributed by atoms with Crippen LogP contribution in [0.2, 0.25) is 0 Å². The summed E-state index contributed by atoms with van der Waals surface area (Å²) in [5.41, 5.74) is 1.03. The van der Waals surface area contributed by atoms with Crippen LogP contribution in [0.3, 0.4) is 0 Å². The van der Waals surface area contributed by atoms with Crippen LogP contribution in [0, 0.1) is 5.41 Å². The van der Waals surface area contributed by atoms with E-state index in [0.29, 0.717) is 41.5 Å². The lowest BCUT2D eigenvalue weighted by molar-refractivity contribution is -0.124. The molecule has 0 aromatic heterocycles. The molecule has 0 atom stereocenters. The van der Waals surface area contributed by atoms with Gasteiger partial charge in [-0.1, -0.05) is 72.1 Å². The molecule has 1 amide bonds. The summed E-state index contributed by atoms with van der Waals surface area (Å²) in [5.74, 6) is 0.801. The number of Topliss-reactive ketones (excluding diaryl/α,β-unsaturated/α-hetero) is 1. The van der Waals surface area contributed by atoms with Gasteiger partial charge in [-0.25, -0.2) is 0 Å². The van der Waals surface area contributed by atoms with Crippen molar-refractivity contribution in [3.8, 4) is 11.5 Å². The van der Waals surface area contributed by atoms with Gasteiger partial charge in [-0.15, -0.1) is 0 Å². The van der Waals surface area contributed by atoms with E-state index in [1.54, 1.807) is 20.2 Å². The zero-order valence-corrected chi connectivity index (χ0v) is 20.0. The van der Waals surface area contributed by atoms with E-state index in [0.717, 1.165) is 19.3 Å². The minimum absolute atomic E-state index is 0.00842. The molecule has 31 heavy (non-hydrogen) atoms. The lowest BCUT2D eigenvalue weighted by Crippen LogP contribution is -2.31. The molecule has 2 N–H and O–H groups in total. The summed E-state index contributed by atoms with van der Waals surface area (Å²) in [6, 6.07) is 1.73. The molecule has 0 aliphatic carbocycles. The summed E-state index contributed by atoms with van der Waals surface area (Å²) in [6.45, 7) is 6.48. The number of methoxy groups -OCH3 is 1. The van der Waals surface area contributed by atoms with E-state index in [1.165, 1.54) is 38.5 Å². The van der Waals surface area contributed by atoms with Gasteiger partial charge in [0.25, 0.3) is 0 Å². The third-order valence-corrected chi connectivity index (χ3v) is 6.09. The fourth-order valence-electron chi connectivity index (χ4n) is 3.99. The Balaban J connectivity index is 2.04. The van der Waals surface area contributed by atoms with Gasteiger partial charge in [0, 0.05) is 18.9 Å². The van der Waals surface area contributed by atoms with Gasteiger partial charge in [0.1, 0.15) is 5.69 Å². The summed E-state index contributed by atoms with van der Waals surface area (Å²) >= 11 is 0. The Morgan fingerprint density at radius 1 is 1.13 bits per heavy atom. The van der Waals surface area contributed by atoms with Gasteiger partial charge in [0.2, 0.25) is 5.91 Å². The predicted molar refractivity (Wildman–Crippen MR) is 127 cm³/mol. The molecule has 174 valence electrons. The van der Waals surface area contributed by atoms with Crippen molar-refractivity contribution in [2.24, 2.45) is 5.41 Å². The highest BCUT2D eigenvalue weighted by molar-refractivity contribution is 6.07. The SMILES string of the molecule is CCCCCCCCCCC(C)(C)C(=O)Nc1c(OC)c(NC)cc2c1OCCC2=O. The Hall–Kier alpha value is -2.24. The standard InChI is InChI=1S/C25H40N2O4/c1-6-7-8-9-10-11-12-13-15-25(2,3)24(29)27-21-22-18(20(28)14-16-31-22)17-19(26-4)23(21)30-5/h17,26H,6-16H2,1-5H3,(H,27,29). The topological polar surface area (TPSA) is 76.7 Å². The maximum atomic E-state index is 13.2. The number of carbonyl (C=O) groups excluding carboxylic acids is 2. The molecule has 1 aromatic carbocycles. The molecule has 0 bridgehead atoms. The van der Waals surface area contributed by atoms with Crippen LogP contribution in [0.1, 0.15) is 95.3 Å². The Labute approximate surface area is 187 Å². The van der Waals surface area contributed by atoms with Crippen LogP contribution in [0.25, 0.3) is 0 Å². The van der Waals surface area contributed by atoms with Crippen molar-refractivity contribution in [2.75, 3.05) is 31.4 Å². The van der Waals surface area contributed by atoms with Crippen molar-refractivity contribution < 1.29 is 19.1 Å². The molecular weight excluding hydrogens is 392 g/mol. The molecule has 0 spiro atoms. The average Bonchev–Trinajstić information content (AvgIpc) is 2.75. The van der Waals surface area contributed by atoms with Gasteiger partial charge in [-0.3, -0.25) is 9.59 Å². The lowest BCUT2D eigenvalue weighted by Gasteiger charge is -2.27. The van der Waals surface area contributed by atoms with E-state index in [4.69, 9.17) is 9.47 Å². The largest absolute Gasteiger partial charge is 0.492 e. The van der Waals surface area contributed by atoms with Crippen LogP contribution in [0.5, 0.6) is 11.5 Å². The number of ketones is 1. The highest BCUT2D eigenvalue weighted by Crippen LogP contribution is 2.46. The fourth-order valence-corrected chi connectivity index (χ4v) is 3.99. The molecule has 1 aliphatic rings. The molecule has 1 heterocycles. The summed E-state index contributed by atoms with van der Waals surface area (Å²) in [6.07, 6.45) is 11.0. The molecule has 1 aromatic rings. The van der Waals surface area contributed by atoms with Gasteiger partial charge in [0.05, 0.1) is 25.0 Å². The maximum absolute atomic E-state index is 13.2. The summed E-state index contributed by atoms with van der Waals surface area (Å²) in [5, 5.41) is 6.07. The van der Waals surface area contributed by atoms with Crippen LogP contribution in [-0.2, 0) is 4.79 Å². The minimum atomic E-state index is -0.533. The number of ether oxygens (including phenoxy) is 2. The lowest BCUT2D eigenvalue weighted by atomic mass is 9.85. The van der Waals surface area contributed by atoms with Crippen molar-refractivity contribution in [1.82, 2.24) is 0 Å². The van der Waals surface area contributed by atoms with Gasteiger partial charge in [-0.05, 0) is 12.5 Å². The number of hydrogen-bond acceptors (Lipinski definition) is 5. The first kappa shape index (κ1) is 25.0. The summed E-state index contributed by atoms with van der Waals surface area (Å²) in [7, 11) is 3.31. The van der Waals surface area contributed by atoms with Crippen LogP contribution in [0.4, 0.5) is 11.4 Å². The number of amides is 1. The second-order valence-corrected chi connectivity index (χ2v) is 9.04. The van der Waals surface area contributed by atoms with E-state index in [1.807, 2.05) is 13.8 Å². The van der Waals surface area contributed by atoms with E-state index in [9.17, 15) is 9.59 Å². The molecular formula is C25H40N2O4. The molecule has 0 radical (unpaired) electrons. The van der Waals surface area contributed by atoms with Crippen molar-refractivity contribution in [3.05, 3.63) is 11.6 Å². The third-order valence-electron chi connectivity index (χ3n) is 6.09. The number of nitrogens with one attached hydrogen (secondary N) is 2. The average molecular weight is 433 g/mol. The monoisotopic (exact) mass is 432 g/mol. The molecule has 2 rings (SSSR count). The number of anilines is 2. The van der Waals surface area contributed by atoms with Crippen molar-refractivity contribution >= 4 is 23.1 Å². The van der Waals surface area contributed by atoms with E-state index in [2.05, 4.69) is 17.6 Å². The van der Waals surface area contributed by atoms with E-state index < -0.39 is 5.41 Å². The zero-order valence-electron chi connectivity index (χ0n) is 20.0.